The van der Waals surface area contributed by atoms with Crippen LogP contribution in [-0.4, -0.2) is 11.9 Å². The van der Waals surface area contributed by atoms with Gasteiger partial charge in [-0.1, -0.05) is 34.5 Å². The lowest BCUT2D eigenvalue weighted by atomic mass is 9.71. The smallest absolute Gasteiger partial charge is 0.246 e. The van der Waals surface area contributed by atoms with E-state index in [4.69, 9.17) is 14.4 Å². The van der Waals surface area contributed by atoms with Crippen LogP contribution in [0.5, 0.6) is 5.75 Å². The molecule has 0 aliphatic heterocycles. The van der Waals surface area contributed by atoms with Gasteiger partial charge in [0.15, 0.2) is 5.75 Å². The molecule has 0 spiro atoms. The van der Waals surface area contributed by atoms with Gasteiger partial charge in [-0.25, -0.2) is 0 Å². The number of ether oxygens (including phenoxy) is 1. The third-order valence-electron chi connectivity index (χ3n) is 3.87. The third-order valence-corrected chi connectivity index (χ3v) is 5.06. The van der Waals surface area contributed by atoms with E-state index < -0.39 is 0 Å². The average Bonchev–Trinajstić information content (AvgIpc) is 2.76. The van der Waals surface area contributed by atoms with Gasteiger partial charge >= 0.3 is 0 Å². The van der Waals surface area contributed by atoms with Crippen LogP contribution in [0.25, 0.3) is 11.0 Å². The van der Waals surface area contributed by atoms with Crippen molar-refractivity contribution >= 4 is 26.9 Å². The number of halogens is 1. The highest BCUT2D eigenvalue weighted by molar-refractivity contribution is 9.09. The highest BCUT2D eigenvalue weighted by atomic mass is 79.9. The number of para-hydroxylation sites is 1. The van der Waals surface area contributed by atoms with Crippen LogP contribution in [0.15, 0.2) is 28.7 Å². The van der Waals surface area contributed by atoms with E-state index in [1.165, 1.54) is 19.3 Å². The van der Waals surface area contributed by atoms with Gasteiger partial charge in [0.1, 0.15) is 11.7 Å². The second-order valence-electron chi connectivity index (χ2n) is 5.14. The summed E-state index contributed by atoms with van der Waals surface area (Å²) in [6.45, 7) is 0.635. The topological polar surface area (TPSA) is 46.2 Å². The van der Waals surface area contributed by atoms with E-state index >= 15 is 0 Å². The fourth-order valence-corrected chi connectivity index (χ4v) is 3.18. The first kappa shape index (κ1) is 12.6. The number of rotatable bonds is 4. The van der Waals surface area contributed by atoms with Crippen molar-refractivity contribution in [3.63, 3.8) is 0 Å². The molecule has 19 heavy (non-hydrogen) atoms. The zero-order valence-corrected chi connectivity index (χ0v) is 12.1. The molecular weight excluding hydrogens is 306 g/mol. The fourth-order valence-electron chi connectivity index (χ4n) is 2.46. The summed E-state index contributed by atoms with van der Waals surface area (Å²) in [6, 6.07) is 9.67. The van der Waals surface area contributed by atoms with E-state index in [0.29, 0.717) is 17.9 Å². The number of nitriles is 1. The Bertz CT molecular complexity index is 632. The molecule has 3 rings (SSSR count). The van der Waals surface area contributed by atoms with E-state index in [9.17, 15) is 0 Å². The Morgan fingerprint density at radius 1 is 1.37 bits per heavy atom. The van der Waals surface area contributed by atoms with E-state index in [1.54, 1.807) is 0 Å². The van der Waals surface area contributed by atoms with E-state index in [1.807, 2.05) is 24.3 Å². The Kier molecular flexibility index (Phi) is 3.24. The summed E-state index contributed by atoms with van der Waals surface area (Å²) in [6.07, 6.45) is 3.61. The first-order valence-electron chi connectivity index (χ1n) is 6.38. The highest BCUT2D eigenvalue weighted by Crippen LogP contribution is 2.43. The summed E-state index contributed by atoms with van der Waals surface area (Å²) in [5.41, 5.74) is 0.931. The van der Waals surface area contributed by atoms with Gasteiger partial charge in [0, 0.05) is 10.7 Å². The van der Waals surface area contributed by atoms with Crippen LogP contribution in [0.2, 0.25) is 0 Å². The SMILES string of the molecule is N#Cc1oc2ccccc2c1OCC1(CBr)CCC1. The third kappa shape index (κ3) is 2.12. The van der Waals surface area contributed by atoms with Gasteiger partial charge in [-0.05, 0) is 25.0 Å². The number of furan rings is 1. The maximum absolute atomic E-state index is 9.14. The molecule has 0 saturated heterocycles. The van der Waals surface area contributed by atoms with Crippen molar-refractivity contribution < 1.29 is 9.15 Å². The molecular formula is C15H14BrNO2. The standard InChI is InChI=1S/C15H14BrNO2/c16-9-15(6-3-7-15)10-18-14-11-4-1-2-5-12(11)19-13(14)8-17/h1-2,4-5H,3,6-7,9-10H2. The Hall–Kier alpha value is -1.47. The lowest BCUT2D eigenvalue weighted by molar-refractivity contribution is 0.0839. The van der Waals surface area contributed by atoms with Gasteiger partial charge in [0.25, 0.3) is 0 Å². The van der Waals surface area contributed by atoms with Crippen molar-refractivity contribution in [3.05, 3.63) is 30.0 Å². The van der Waals surface area contributed by atoms with Gasteiger partial charge < -0.3 is 9.15 Å². The van der Waals surface area contributed by atoms with Gasteiger partial charge in [-0.2, -0.15) is 5.26 Å². The predicted molar refractivity (Wildman–Crippen MR) is 76.5 cm³/mol. The number of nitrogens with zero attached hydrogens (tertiary/aromatic N) is 1. The number of hydrogen-bond acceptors (Lipinski definition) is 3. The summed E-state index contributed by atoms with van der Waals surface area (Å²) in [5, 5.41) is 11.0. The molecule has 2 aromatic rings. The second-order valence-corrected chi connectivity index (χ2v) is 5.70. The quantitative estimate of drug-likeness (QED) is 0.791. The Labute approximate surface area is 120 Å². The van der Waals surface area contributed by atoms with Crippen molar-refractivity contribution in [2.24, 2.45) is 5.41 Å². The predicted octanol–water partition coefficient (Wildman–Crippen LogP) is 4.25. The second kappa shape index (κ2) is 4.90. The molecule has 3 nitrogen and oxygen atoms in total. The summed E-state index contributed by atoms with van der Waals surface area (Å²) in [4.78, 5) is 0. The summed E-state index contributed by atoms with van der Waals surface area (Å²) in [5.74, 6) is 0.857. The zero-order chi connectivity index (χ0) is 13.3. The molecule has 1 saturated carbocycles. The minimum absolute atomic E-state index is 0.227. The average molecular weight is 320 g/mol. The Morgan fingerprint density at radius 3 is 2.79 bits per heavy atom. The molecule has 0 unspecified atom stereocenters. The molecule has 98 valence electrons. The molecule has 0 N–H and O–H groups in total. The van der Waals surface area contributed by atoms with Crippen LogP contribution in [0, 0.1) is 16.7 Å². The number of fused-ring (bicyclic) bond motifs is 1. The summed E-state index contributed by atoms with van der Waals surface area (Å²) >= 11 is 3.56. The first-order chi connectivity index (χ1) is 9.28. The van der Waals surface area contributed by atoms with Crippen molar-refractivity contribution in [3.8, 4) is 11.8 Å². The minimum atomic E-state index is 0.227. The van der Waals surface area contributed by atoms with Crippen LogP contribution < -0.4 is 4.74 Å². The molecule has 1 heterocycles. The van der Waals surface area contributed by atoms with Crippen LogP contribution in [0.4, 0.5) is 0 Å². The normalized spacial score (nSPS) is 16.8. The number of hydrogen-bond donors (Lipinski definition) is 0. The van der Waals surface area contributed by atoms with Crippen LogP contribution >= 0.6 is 15.9 Å². The van der Waals surface area contributed by atoms with E-state index in [2.05, 4.69) is 22.0 Å². The molecule has 1 aromatic heterocycles. The highest BCUT2D eigenvalue weighted by Gasteiger charge is 2.37. The lowest BCUT2D eigenvalue weighted by Gasteiger charge is -2.39. The van der Waals surface area contributed by atoms with Crippen LogP contribution in [0.1, 0.15) is 25.0 Å². The van der Waals surface area contributed by atoms with Crippen molar-refractivity contribution in [1.82, 2.24) is 0 Å². The molecule has 4 heteroatoms. The molecule has 1 fully saturated rings. The molecule has 1 aromatic carbocycles. The van der Waals surface area contributed by atoms with Crippen LogP contribution in [0.3, 0.4) is 0 Å². The van der Waals surface area contributed by atoms with Crippen molar-refractivity contribution in [2.45, 2.75) is 19.3 Å². The maximum Gasteiger partial charge on any atom is 0.246 e. The zero-order valence-electron chi connectivity index (χ0n) is 10.5. The van der Waals surface area contributed by atoms with Crippen LogP contribution in [-0.2, 0) is 0 Å². The molecule has 0 radical (unpaired) electrons. The molecule has 0 bridgehead atoms. The van der Waals surface area contributed by atoms with Crippen molar-refractivity contribution in [2.75, 3.05) is 11.9 Å². The van der Waals surface area contributed by atoms with Gasteiger partial charge in [-0.3, -0.25) is 0 Å². The Balaban J connectivity index is 1.89. The molecule has 0 amide bonds. The van der Waals surface area contributed by atoms with E-state index in [0.717, 1.165) is 10.7 Å². The maximum atomic E-state index is 9.14. The summed E-state index contributed by atoms with van der Waals surface area (Å²) < 4.78 is 11.4. The monoisotopic (exact) mass is 319 g/mol. The van der Waals surface area contributed by atoms with E-state index in [-0.39, 0.29) is 11.2 Å². The molecule has 1 aliphatic rings. The number of benzene rings is 1. The molecule has 0 atom stereocenters. The minimum Gasteiger partial charge on any atom is -0.488 e. The van der Waals surface area contributed by atoms with Gasteiger partial charge in [0.05, 0.1) is 12.0 Å². The largest absolute Gasteiger partial charge is 0.488 e. The Morgan fingerprint density at radius 2 is 2.16 bits per heavy atom. The number of alkyl halides is 1. The van der Waals surface area contributed by atoms with Crippen molar-refractivity contribution in [1.29, 1.82) is 5.26 Å². The lowest BCUT2D eigenvalue weighted by Crippen LogP contribution is -2.37. The first-order valence-corrected chi connectivity index (χ1v) is 7.50. The van der Waals surface area contributed by atoms with Gasteiger partial charge in [-0.15, -0.1) is 0 Å². The summed E-state index contributed by atoms with van der Waals surface area (Å²) in [7, 11) is 0. The van der Waals surface area contributed by atoms with Gasteiger partial charge in [0.2, 0.25) is 5.76 Å². The fraction of sp³-hybridized carbons (Fsp3) is 0.400. The molecule has 1 aliphatic carbocycles.